The lowest BCUT2D eigenvalue weighted by molar-refractivity contribution is 0.414. The highest BCUT2D eigenvalue weighted by atomic mass is 32.1. The van der Waals surface area contributed by atoms with E-state index in [0.717, 1.165) is 16.0 Å². The minimum atomic E-state index is -0.278. The monoisotopic (exact) mass is 247 g/mol. The molecule has 0 saturated heterocycles. The Kier molecular flexibility index (Phi) is 3.40. The fourth-order valence-corrected chi connectivity index (χ4v) is 2.68. The van der Waals surface area contributed by atoms with Gasteiger partial charge in [-0.1, -0.05) is 12.1 Å². The van der Waals surface area contributed by atoms with Crippen LogP contribution in [0, 0.1) is 17.1 Å². The first-order valence-corrected chi connectivity index (χ1v) is 5.91. The van der Waals surface area contributed by atoms with Crippen LogP contribution in [0.4, 0.5) is 4.39 Å². The highest BCUT2D eigenvalue weighted by molar-refractivity contribution is 7.14. The van der Waals surface area contributed by atoms with Crippen LogP contribution >= 0.6 is 11.3 Å². The molecule has 1 heterocycles. The van der Waals surface area contributed by atoms with Crippen molar-refractivity contribution >= 4 is 11.3 Å². The lowest BCUT2D eigenvalue weighted by atomic mass is 10.1. The molecule has 86 valence electrons. The van der Waals surface area contributed by atoms with Crippen molar-refractivity contribution in [2.24, 2.45) is 0 Å². The summed E-state index contributed by atoms with van der Waals surface area (Å²) < 4.78 is 18.5. The third-order valence-electron chi connectivity index (χ3n) is 2.38. The molecule has 0 amide bonds. The minimum Gasteiger partial charge on any atom is -0.495 e. The van der Waals surface area contributed by atoms with Crippen LogP contribution in [0.25, 0.3) is 10.4 Å². The van der Waals surface area contributed by atoms with Gasteiger partial charge in [0.25, 0.3) is 0 Å². The zero-order valence-corrected chi connectivity index (χ0v) is 10.1. The van der Waals surface area contributed by atoms with E-state index in [1.807, 2.05) is 11.4 Å². The summed E-state index contributed by atoms with van der Waals surface area (Å²) in [6.07, 6.45) is 0.301. The number of hydrogen-bond donors (Lipinski definition) is 0. The van der Waals surface area contributed by atoms with Crippen molar-refractivity contribution in [3.63, 3.8) is 0 Å². The van der Waals surface area contributed by atoms with E-state index < -0.39 is 0 Å². The maximum absolute atomic E-state index is 13.2. The van der Waals surface area contributed by atoms with Gasteiger partial charge in [-0.15, -0.1) is 11.3 Å². The fourth-order valence-electron chi connectivity index (χ4n) is 1.64. The molecule has 0 aliphatic heterocycles. The Balaban J connectivity index is 2.49. The van der Waals surface area contributed by atoms with Gasteiger partial charge in [-0.05, 0) is 23.1 Å². The number of halogens is 1. The van der Waals surface area contributed by atoms with Crippen molar-refractivity contribution in [2.45, 2.75) is 6.42 Å². The summed E-state index contributed by atoms with van der Waals surface area (Å²) in [6, 6.07) is 8.44. The largest absolute Gasteiger partial charge is 0.495 e. The van der Waals surface area contributed by atoms with Gasteiger partial charge in [0.15, 0.2) is 0 Å². The Bertz CT molecular complexity index is 571. The van der Waals surface area contributed by atoms with Crippen LogP contribution in [0.15, 0.2) is 29.6 Å². The standard InChI is InChI=1S/C13H10FNOS/c1-16-12-10(5-6-15)8-17-13(12)9-3-2-4-11(14)7-9/h2-4,7-8H,5H2,1H3. The van der Waals surface area contributed by atoms with E-state index in [4.69, 9.17) is 10.00 Å². The van der Waals surface area contributed by atoms with Crippen molar-refractivity contribution in [2.75, 3.05) is 7.11 Å². The Labute approximate surface area is 103 Å². The molecule has 17 heavy (non-hydrogen) atoms. The Morgan fingerprint density at radius 2 is 2.29 bits per heavy atom. The molecule has 2 nitrogen and oxygen atoms in total. The molecule has 1 aromatic heterocycles. The summed E-state index contributed by atoms with van der Waals surface area (Å²) in [6.45, 7) is 0. The van der Waals surface area contributed by atoms with E-state index in [0.29, 0.717) is 12.2 Å². The molecular weight excluding hydrogens is 237 g/mol. The molecule has 0 radical (unpaired) electrons. The van der Waals surface area contributed by atoms with E-state index in [-0.39, 0.29) is 5.82 Å². The fraction of sp³-hybridized carbons (Fsp3) is 0.154. The lowest BCUT2D eigenvalue weighted by Crippen LogP contribution is -1.88. The average molecular weight is 247 g/mol. The van der Waals surface area contributed by atoms with Gasteiger partial charge in [0.05, 0.1) is 24.5 Å². The SMILES string of the molecule is COc1c(CC#N)csc1-c1cccc(F)c1. The number of benzene rings is 1. The van der Waals surface area contributed by atoms with E-state index in [1.165, 1.54) is 23.5 Å². The number of nitrogens with zero attached hydrogens (tertiary/aromatic N) is 1. The maximum Gasteiger partial charge on any atom is 0.141 e. The third kappa shape index (κ3) is 2.29. The number of nitriles is 1. The second-order valence-electron chi connectivity index (χ2n) is 3.47. The van der Waals surface area contributed by atoms with Crippen molar-refractivity contribution < 1.29 is 9.13 Å². The van der Waals surface area contributed by atoms with E-state index >= 15 is 0 Å². The molecule has 0 aliphatic carbocycles. The van der Waals surface area contributed by atoms with Crippen LogP contribution in [0.2, 0.25) is 0 Å². The van der Waals surface area contributed by atoms with Crippen molar-refractivity contribution in [3.8, 4) is 22.3 Å². The number of rotatable bonds is 3. The molecule has 4 heteroatoms. The van der Waals surface area contributed by atoms with Crippen LogP contribution in [-0.2, 0) is 6.42 Å². The molecule has 2 aromatic rings. The minimum absolute atomic E-state index is 0.278. The van der Waals surface area contributed by atoms with Gasteiger partial charge in [0, 0.05) is 5.56 Å². The number of ether oxygens (including phenoxy) is 1. The summed E-state index contributed by atoms with van der Waals surface area (Å²) in [4.78, 5) is 0.859. The van der Waals surface area contributed by atoms with Gasteiger partial charge >= 0.3 is 0 Å². The normalized spacial score (nSPS) is 9.94. The van der Waals surface area contributed by atoms with Gasteiger partial charge in [-0.3, -0.25) is 0 Å². The zero-order chi connectivity index (χ0) is 12.3. The van der Waals surface area contributed by atoms with E-state index in [2.05, 4.69) is 6.07 Å². The quantitative estimate of drug-likeness (QED) is 0.829. The lowest BCUT2D eigenvalue weighted by Gasteiger charge is -2.04. The molecule has 0 unspecified atom stereocenters. The van der Waals surface area contributed by atoms with Gasteiger partial charge in [0.2, 0.25) is 0 Å². The van der Waals surface area contributed by atoms with Crippen LogP contribution in [0.5, 0.6) is 5.75 Å². The zero-order valence-electron chi connectivity index (χ0n) is 9.24. The summed E-state index contributed by atoms with van der Waals surface area (Å²) in [5.74, 6) is 0.391. The second kappa shape index (κ2) is 4.98. The first-order valence-electron chi connectivity index (χ1n) is 5.03. The van der Waals surface area contributed by atoms with Gasteiger partial charge in [-0.25, -0.2) is 4.39 Å². The highest BCUT2D eigenvalue weighted by Gasteiger charge is 2.14. The third-order valence-corrected chi connectivity index (χ3v) is 3.44. The van der Waals surface area contributed by atoms with E-state index in [1.54, 1.807) is 13.2 Å². The molecule has 0 aliphatic rings. The van der Waals surface area contributed by atoms with Gasteiger partial charge in [0.1, 0.15) is 11.6 Å². The number of thiophene rings is 1. The number of methoxy groups -OCH3 is 1. The second-order valence-corrected chi connectivity index (χ2v) is 4.35. The van der Waals surface area contributed by atoms with Gasteiger partial charge < -0.3 is 4.74 Å². The summed E-state index contributed by atoms with van der Waals surface area (Å²) in [5.41, 5.74) is 1.62. The molecule has 0 spiro atoms. The first kappa shape index (κ1) is 11.6. The Hall–Kier alpha value is -1.86. The van der Waals surface area contributed by atoms with Gasteiger partial charge in [-0.2, -0.15) is 5.26 Å². The average Bonchev–Trinajstić information content (AvgIpc) is 2.72. The predicted octanol–water partition coefficient (Wildman–Crippen LogP) is 3.63. The molecule has 0 bridgehead atoms. The Morgan fingerprint density at radius 1 is 1.47 bits per heavy atom. The first-order chi connectivity index (χ1) is 8.26. The van der Waals surface area contributed by atoms with Crippen LogP contribution in [0.1, 0.15) is 5.56 Å². The van der Waals surface area contributed by atoms with Crippen molar-refractivity contribution in [3.05, 3.63) is 41.0 Å². The molecule has 2 rings (SSSR count). The molecular formula is C13H10FNOS. The predicted molar refractivity (Wildman–Crippen MR) is 65.6 cm³/mol. The molecule has 0 atom stereocenters. The van der Waals surface area contributed by atoms with Crippen molar-refractivity contribution in [1.82, 2.24) is 0 Å². The molecule has 0 N–H and O–H groups in total. The van der Waals surface area contributed by atoms with Crippen LogP contribution in [0.3, 0.4) is 0 Å². The summed E-state index contributed by atoms with van der Waals surface area (Å²) in [5, 5.41) is 10.6. The maximum atomic E-state index is 13.2. The van der Waals surface area contributed by atoms with Crippen molar-refractivity contribution in [1.29, 1.82) is 5.26 Å². The van der Waals surface area contributed by atoms with E-state index in [9.17, 15) is 4.39 Å². The van der Waals surface area contributed by atoms with Crippen LogP contribution < -0.4 is 4.74 Å². The molecule has 0 fully saturated rings. The molecule has 0 saturated carbocycles. The van der Waals surface area contributed by atoms with Crippen LogP contribution in [-0.4, -0.2) is 7.11 Å². The molecule has 1 aromatic carbocycles. The number of hydrogen-bond acceptors (Lipinski definition) is 3. The Morgan fingerprint density at radius 3 is 2.94 bits per heavy atom. The highest BCUT2D eigenvalue weighted by Crippen LogP contribution is 2.39. The topological polar surface area (TPSA) is 33.0 Å². The smallest absolute Gasteiger partial charge is 0.141 e. The summed E-state index contributed by atoms with van der Waals surface area (Å²) in [7, 11) is 1.56. The summed E-state index contributed by atoms with van der Waals surface area (Å²) >= 11 is 1.46.